The van der Waals surface area contributed by atoms with E-state index in [0.717, 1.165) is 6.08 Å². The summed E-state index contributed by atoms with van der Waals surface area (Å²) in [5, 5.41) is 0. The van der Waals surface area contributed by atoms with Crippen LogP contribution in [0, 0.1) is 0 Å². The predicted molar refractivity (Wildman–Crippen MR) is 38.7 cm³/mol. The van der Waals surface area contributed by atoms with E-state index in [1.54, 1.807) is 6.92 Å². The molecule has 4 heteroatoms. The Morgan fingerprint density at radius 1 is 1.91 bits per heavy atom. The Labute approximate surface area is 64.6 Å². The summed E-state index contributed by atoms with van der Waals surface area (Å²) in [5.41, 5.74) is 0. The van der Waals surface area contributed by atoms with Crippen molar-refractivity contribution in [1.29, 1.82) is 0 Å². The fraction of sp³-hybridized carbons (Fsp3) is 0.429. The Morgan fingerprint density at radius 3 is 3.00 bits per heavy atom. The molecule has 11 heavy (non-hydrogen) atoms. The molecule has 0 aliphatic carbocycles. The zero-order valence-corrected chi connectivity index (χ0v) is 6.24. The van der Waals surface area contributed by atoms with Crippen molar-refractivity contribution in [3.63, 3.8) is 0 Å². The Balaban J connectivity index is 3.61. The van der Waals surface area contributed by atoms with Crippen LogP contribution in [0.1, 0.15) is 6.92 Å². The molecule has 0 aliphatic rings. The van der Waals surface area contributed by atoms with Crippen molar-refractivity contribution in [2.75, 3.05) is 6.61 Å². The van der Waals surface area contributed by atoms with Gasteiger partial charge in [0, 0.05) is 6.08 Å². The molecule has 0 N–H and O–H groups in total. The van der Waals surface area contributed by atoms with E-state index in [1.807, 2.05) is 0 Å². The van der Waals surface area contributed by atoms with Gasteiger partial charge in [0.05, 0.1) is 6.04 Å². The minimum Gasteiger partial charge on any atom is -0.460 e. The van der Waals surface area contributed by atoms with Gasteiger partial charge >= 0.3 is 5.97 Å². The average Bonchev–Trinajstić information content (AvgIpc) is 2.01. The number of rotatable bonds is 4. The van der Waals surface area contributed by atoms with Gasteiger partial charge in [0.25, 0.3) is 0 Å². The van der Waals surface area contributed by atoms with Gasteiger partial charge in [-0.3, -0.25) is 0 Å². The van der Waals surface area contributed by atoms with Gasteiger partial charge in [-0.05, 0) is 6.92 Å². The molecule has 0 bridgehead atoms. The van der Waals surface area contributed by atoms with Crippen molar-refractivity contribution in [3.05, 3.63) is 12.7 Å². The molecule has 60 valence electrons. The normalized spacial score (nSPS) is 11.0. The molecule has 1 atom stereocenters. The molecular weight excluding hydrogens is 146 g/mol. The van der Waals surface area contributed by atoms with E-state index in [4.69, 9.17) is 0 Å². The second kappa shape index (κ2) is 5.38. The molecule has 0 saturated carbocycles. The van der Waals surface area contributed by atoms with Crippen molar-refractivity contribution < 1.29 is 14.3 Å². The van der Waals surface area contributed by atoms with Crippen LogP contribution in [0.15, 0.2) is 17.6 Å². The molecule has 4 nitrogen and oxygen atoms in total. The summed E-state index contributed by atoms with van der Waals surface area (Å²) in [5.74, 6) is -0.516. The Kier molecular flexibility index (Phi) is 4.69. The molecular formula is C7H9NO3. The highest BCUT2D eigenvalue weighted by Gasteiger charge is 2.01. The van der Waals surface area contributed by atoms with Crippen LogP contribution in [0.25, 0.3) is 0 Å². The van der Waals surface area contributed by atoms with Crippen molar-refractivity contribution in [2.24, 2.45) is 4.99 Å². The van der Waals surface area contributed by atoms with Crippen LogP contribution in [-0.2, 0) is 14.3 Å². The highest BCUT2D eigenvalue weighted by Crippen LogP contribution is 1.89. The highest BCUT2D eigenvalue weighted by atomic mass is 16.5. The average molecular weight is 155 g/mol. The third-order valence-corrected chi connectivity index (χ3v) is 0.907. The van der Waals surface area contributed by atoms with Gasteiger partial charge in [-0.25, -0.2) is 9.59 Å². The first-order chi connectivity index (χ1) is 5.20. The number of nitrogens with zero attached hydrogens (tertiary/aromatic N) is 1. The molecule has 0 aliphatic heterocycles. The Bertz CT molecular complexity index is 194. The fourth-order valence-electron chi connectivity index (χ4n) is 0.389. The minimum absolute atomic E-state index is 0.0834. The summed E-state index contributed by atoms with van der Waals surface area (Å²) in [7, 11) is 0. The van der Waals surface area contributed by atoms with Gasteiger partial charge in [0.2, 0.25) is 6.08 Å². The van der Waals surface area contributed by atoms with Crippen LogP contribution in [-0.4, -0.2) is 24.7 Å². The van der Waals surface area contributed by atoms with Gasteiger partial charge in [-0.15, -0.1) is 0 Å². The number of carbonyl (C=O) groups excluding carboxylic acids is 2. The molecule has 0 saturated heterocycles. The SMILES string of the molecule is C=CC(=O)OCC(C)N=C=O. The standard InChI is InChI=1S/C7H9NO3/c1-3-7(10)11-4-6(2)8-5-9/h3,6H,1,4H2,2H3. The molecule has 1 unspecified atom stereocenters. The van der Waals surface area contributed by atoms with Crippen molar-refractivity contribution in [3.8, 4) is 0 Å². The number of ether oxygens (including phenoxy) is 1. The molecule has 0 spiro atoms. The molecule has 0 aromatic carbocycles. The molecule has 0 rings (SSSR count). The maximum atomic E-state index is 10.4. The van der Waals surface area contributed by atoms with Crippen LogP contribution in [0.4, 0.5) is 0 Å². The maximum Gasteiger partial charge on any atom is 0.330 e. The predicted octanol–water partition coefficient (Wildman–Crippen LogP) is 0.440. The number of carbonyl (C=O) groups is 1. The zero-order chi connectivity index (χ0) is 8.69. The van der Waals surface area contributed by atoms with E-state index >= 15 is 0 Å². The van der Waals surface area contributed by atoms with E-state index in [-0.39, 0.29) is 12.6 Å². The van der Waals surface area contributed by atoms with Gasteiger partial charge < -0.3 is 4.74 Å². The number of aliphatic imine (C=N–C) groups is 1. The van der Waals surface area contributed by atoms with Crippen LogP contribution in [0.5, 0.6) is 0 Å². The van der Waals surface area contributed by atoms with Crippen molar-refractivity contribution >= 4 is 12.0 Å². The molecule has 0 aromatic rings. The summed E-state index contributed by atoms with van der Waals surface area (Å²) in [4.78, 5) is 23.4. The lowest BCUT2D eigenvalue weighted by atomic mass is 10.4. The first kappa shape index (κ1) is 9.59. The molecule has 0 amide bonds. The van der Waals surface area contributed by atoms with Crippen LogP contribution in [0.3, 0.4) is 0 Å². The number of isocyanates is 1. The monoisotopic (exact) mass is 155 g/mol. The topological polar surface area (TPSA) is 55.7 Å². The quantitative estimate of drug-likeness (QED) is 0.256. The Morgan fingerprint density at radius 2 is 2.55 bits per heavy atom. The van der Waals surface area contributed by atoms with E-state index < -0.39 is 5.97 Å². The van der Waals surface area contributed by atoms with Crippen LogP contribution in [0.2, 0.25) is 0 Å². The lowest BCUT2D eigenvalue weighted by molar-refractivity contribution is -0.138. The second-order valence-corrected chi connectivity index (χ2v) is 1.90. The lowest BCUT2D eigenvalue weighted by Gasteiger charge is -2.02. The van der Waals surface area contributed by atoms with E-state index in [9.17, 15) is 9.59 Å². The molecule has 0 aromatic heterocycles. The summed E-state index contributed by atoms with van der Waals surface area (Å²) in [6, 6.07) is -0.337. The first-order valence-electron chi connectivity index (χ1n) is 3.07. The summed E-state index contributed by atoms with van der Waals surface area (Å²) in [6.45, 7) is 4.93. The zero-order valence-electron chi connectivity index (χ0n) is 6.24. The Hall–Kier alpha value is -1.41. The third-order valence-electron chi connectivity index (χ3n) is 0.907. The van der Waals surface area contributed by atoms with E-state index in [0.29, 0.717) is 0 Å². The summed E-state index contributed by atoms with van der Waals surface area (Å²) in [6.07, 6.45) is 2.42. The maximum absolute atomic E-state index is 10.4. The first-order valence-corrected chi connectivity index (χ1v) is 3.07. The lowest BCUT2D eigenvalue weighted by Crippen LogP contribution is -2.12. The van der Waals surface area contributed by atoms with Gasteiger partial charge in [-0.2, -0.15) is 4.99 Å². The fourth-order valence-corrected chi connectivity index (χ4v) is 0.389. The van der Waals surface area contributed by atoms with Crippen LogP contribution >= 0.6 is 0 Å². The van der Waals surface area contributed by atoms with Gasteiger partial charge in [-0.1, -0.05) is 6.58 Å². The summed E-state index contributed by atoms with van der Waals surface area (Å²) >= 11 is 0. The number of hydrogen-bond acceptors (Lipinski definition) is 4. The molecule has 0 heterocycles. The smallest absolute Gasteiger partial charge is 0.330 e. The number of esters is 1. The van der Waals surface area contributed by atoms with Gasteiger partial charge in [0.15, 0.2) is 0 Å². The second-order valence-electron chi connectivity index (χ2n) is 1.90. The van der Waals surface area contributed by atoms with Crippen molar-refractivity contribution in [1.82, 2.24) is 0 Å². The van der Waals surface area contributed by atoms with E-state index in [1.165, 1.54) is 6.08 Å². The van der Waals surface area contributed by atoms with Gasteiger partial charge in [0.1, 0.15) is 6.61 Å². The largest absolute Gasteiger partial charge is 0.460 e. The third kappa shape index (κ3) is 5.06. The minimum atomic E-state index is -0.516. The van der Waals surface area contributed by atoms with E-state index in [2.05, 4.69) is 16.3 Å². The summed E-state index contributed by atoms with van der Waals surface area (Å²) < 4.78 is 4.58. The highest BCUT2D eigenvalue weighted by molar-refractivity contribution is 5.81. The molecule has 0 fully saturated rings. The molecule has 0 radical (unpaired) electrons. The number of hydrogen-bond donors (Lipinski definition) is 0. The van der Waals surface area contributed by atoms with Crippen molar-refractivity contribution in [2.45, 2.75) is 13.0 Å². The van der Waals surface area contributed by atoms with Crippen LogP contribution < -0.4 is 0 Å².